The Balaban J connectivity index is 1.55. The zero-order valence-electron chi connectivity index (χ0n) is 20.9. The van der Waals surface area contributed by atoms with Gasteiger partial charge in [-0.2, -0.15) is 4.98 Å². The molecule has 1 aromatic heterocycles. The minimum atomic E-state index is -1.12. The van der Waals surface area contributed by atoms with Crippen molar-refractivity contribution in [3.63, 3.8) is 0 Å². The molecule has 0 bridgehead atoms. The van der Waals surface area contributed by atoms with Crippen molar-refractivity contribution < 1.29 is 34.1 Å². The summed E-state index contributed by atoms with van der Waals surface area (Å²) in [5.74, 6) is -1.68. The predicted octanol–water partition coefficient (Wildman–Crippen LogP) is 2.25. The van der Waals surface area contributed by atoms with Gasteiger partial charge in [0, 0.05) is 44.2 Å². The quantitative estimate of drug-likeness (QED) is 0.446. The van der Waals surface area contributed by atoms with Crippen molar-refractivity contribution in [2.75, 3.05) is 26.2 Å². The molecule has 1 atom stereocenters. The van der Waals surface area contributed by atoms with E-state index in [0.29, 0.717) is 11.4 Å². The molecule has 1 aromatic carbocycles. The standard InChI is InChI=1S/C26H31N5O7/c32-22(33)11-10-19(25(35)30-12-14-31(15-13-30)26(36)37)28-24(34)20-16-21(38-18-8-4-5-9-18)29-23(27-20)17-6-2-1-3-7-17/h1-3,6-7,16,18-19H,4-5,8-15H2,(H,28,34)(H,32,33)(H,36,37). The summed E-state index contributed by atoms with van der Waals surface area (Å²) in [4.78, 5) is 60.6. The fourth-order valence-electron chi connectivity index (χ4n) is 4.59. The van der Waals surface area contributed by atoms with E-state index in [4.69, 9.17) is 9.84 Å². The number of rotatable bonds is 9. The fraction of sp³-hybridized carbons (Fsp3) is 0.462. The van der Waals surface area contributed by atoms with Crippen LogP contribution in [-0.2, 0) is 9.59 Å². The number of carboxylic acids is 1. The summed E-state index contributed by atoms with van der Waals surface area (Å²) in [7, 11) is 0. The molecule has 2 fully saturated rings. The number of carbonyl (C=O) groups is 4. The number of carboxylic acid groups (broad SMARTS) is 2. The minimum Gasteiger partial charge on any atom is -0.481 e. The number of carbonyl (C=O) groups excluding carboxylic acids is 2. The van der Waals surface area contributed by atoms with Crippen molar-refractivity contribution in [3.8, 4) is 17.3 Å². The molecule has 1 saturated heterocycles. The number of aliphatic carboxylic acids is 1. The highest BCUT2D eigenvalue weighted by Gasteiger charge is 2.31. The first-order chi connectivity index (χ1) is 18.3. The molecule has 2 aliphatic rings. The fourth-order valence-corrected chi connectivity index (χ4v) is 4.59. The first-order valence-corrected chi connectivity index (χ1v) is 12.7. The van der Waals surface area contributed by atoms with Gasteiger partial charge in [-0.15, -0.1) is 0 Å². The Hall–Kier alpha value is -4.22. The highest BCUT2D eigenvalue weighted by Crippen LogP contribution is 2.25. The van der Waals surface area contributed by atoms with E-state index in [-0.39, 0.29) is 56.7 Å². The van der Waals surface area contributed by atoms with Crippen LogP contribution in [-0.4, -0.2) is 92.2 Å². The molecule has 2 aromatic rings. The van der Waals surface area contributed by atoms with Gasteiger partial charge in [0.15, 0.2) is 5.82 Å². The molecule has 1 unspecified atom stereocenters. The second-order valence-electron chi connectivity index (χ2n) is 9.36. The molecule has 1 saturated carbocycles. The number of aromatic nitrogens is 2. The maximum absolute atomic E-state index is 13.3. The predicted molar refractivity (Wildman–Crippen MR) is 135 cm³/mol. The minimum absolute atomic E-state index is 0.00111. The number of ether oxygens (including phenoxy) is 1. The zero-order chi connectivity index (χ0) is 27.1. The molecular weight excluding hydrogens is 494 g/mol. The highest BCUT2D eigenvalue weighted by atomic mass is 16.5. The van der Waals surface area contributed by atoms with Gasteiger partial charge in [0.2, 0.25) is 11.8 Å². The SMILES string of the molecule is O=C(O)CCC(NC(=O)c1cc(OC2CCCC2)nc(-c2ccccc2)n1)C(=O)N1CCN(C(=O)O)CC1. The molecule has 0 spiro atoms. The molecule has 1 aliphatic carbocycles. The van der Waals surface area contributed by atoms with E-state index in [1.165, 1.54) is 15.9 Å². The smallest absolute Gasteiger partial charge is 0.407 e. The van der Waals surface area contributed by atoms with Gasteiger partial charge in [-0.3, -0.25) is 14.4 Å². The van der Waals surface area contributed by atoms with Crippen LogP contribution in [0.3, 0.4) is 0 Å². The summed E-state index contributed by atoms with van der Waals surface area (Å²) in [6.45, 7) is 0.564. The van der Waals surface area contributed by atoms with Crippen molar-refractivity contribution in [3.05, 3.63) is 42.1 Å². The summed E-state index contributed by atoms with van der Waals surface area (Å²) in [6, 6.07) is 9.44. The first kappa shape index (κ1) is 26.8. The van der Waals surface area contributed by atoms with E-state index < -0.39 is 29.9 Å². The molecule has 2 heterocycles. The van der Waals surface area contributed by atoms with Gasteiger partial charge in [-0.1, -0.05) is 30.3 Å². The third-order valence-corrected chi connectivity index (χ3v) is 6.67. The zero-order valence-corrected chi connectivity index (χ0v) is 20.9. The van der Waals surface area contributed by atoms with Gasteiger partial charge >= 0.3 is 12.1 Å². The molecule has 202 valence electrons. The molecule has 1 aliphatic heterocycles. The Labute approximate surface area is 219 Å². The second kappa shape index (κ2) is 12.3. The number of nitrogens with zero attached hydrogens (tertiary/aromatic N) is 4. The van der Waals surface area contributed by atoms with Gasteiger partial charge in [0.1, 0.15) is 17.8 Å². The molecule has 38 heavy (non-hydrogen) atoms. The van der Waals surface area contributed by atoms with Gasteiger partial charge < -0.3 is 30.1 Å². The van der Waals surface area contributed by atoms with E-state index >= 15 is 0 Å². The van der Waals surface area contributed by atoms with Crippen molar-refractivity contribution in [2.24, 2.45) is 0 Å². The lowest BCUT2D eigenvalue weighted by Gasteiger charge is -2.35. The molecule has 3 amide bonds. The third kappa shape index (κ3) is 6.96. The normalized spacial score (nSPS) is 16.6. The van der Waals surface area contributed by atoms with Gasteiger partial charge in [0.05, 0.1) is 0 Å². The highest BCUT2D eigenvalue weighted by molar-refractivity contribution is 5.96. The molecule has 3 N–H and O–H groups in total. The average Bonchev–Trinajstić information content (AvgIpc) is 3.43. The summed E-state index contributed by atoms with van der Waals surface area (Å²) < 4.78 is 6.05. The number of hydrogen-bond acceptors (Lipinski definition) is 7. The number of benzene rings is 1. The maximum atomic E-state index is 13.3. The van der Waals surface area contributed by atoms with Crippen LogP contribution >= 0.6 is 0 Å². The largest absolute Gasteiger partial charge is 0.481 e. The lowest BCUT2D eigenvalue weighted by Crippen LogP contribution is -2.55. The second-order valence-corrected chi connectivity index (χ2v) is 9.36. The van der Waals surface area contributed by atoms with Crippen molar-refractivity contribution in [1.29, 1.82) is 0 Å². The van der Waals surface area contributed by atoms with Crippen LogP contribution in [0, 0.1) is 0 Å². The Kier molecular flexibility index (Phi) is 8.72. The van der Waals surface area contributed by atoms with Gasteiger partial charge in [-0.25, -0.2) is 9.78 Å². The van der Waals surface area contributed by atoms with Crippen molar-refractivity contribution in [1.82, 2.24) is 25.1 Å². The molecular formula is C26H31N5O7. The Bertz CT molecular complexity index is 1160. The summed E-state index contributed by atoms with van der Waals surface area (Å²) in [5, 5.41) is 21.0. The number of nitrogens with one attached hydrogen (secondary N) is 1. The van der Waals surface area contributed by atoms with E-state index in [1.807, 2.05) is 30.3 Å². The van der Waals surface area contributed by atoms with Crippen molar-refractivity contribution >= 4 is 23.9 Å². The average molecular weight is 526 g/mol. The van der Waals surface area contributed by atoms with E-state index in [9.17, 15) is 24.3 Å². The maximum Gasteiger partial charge on any atom is 0.407 e. The monoisotopic (exact) mass is 525 g/mol. The van der Waals surface area contributed by atoms with Crippen molar-refractivity contribution in [2.45, 2.75) is 50.7 Å². The van der Waals surface area contributed by atoms with E-state index in [1.54, 1.807) is 0 Å². The van der Waals surface area contributed by atoms with Crippen LogP contribution in [0.4, 0.5) is 4.79 Å². The molecule has 4 rings (SSSR count). The number of amides is 3. The van der Waals surface area contributed by atoms with Crippen LogP contribution in [0.1, 0.15) is 49.0 Å². The van der Waals surface area contributed by atoms with Gasteiger partial charge in [-0.05, 0) is 32.1 Å². The molecule has 12 heteroatoms. The Morgan fingerprint density at radius 1 is 0.974 bits per heavy atom. The molecule has 12 nitrogen and oxygen atoms in total. The Morgan fingerprint density at radius 2 is 1.63 bits per heavy atom. The van der Waals surface area contributed by atoms with Crippen LogP contribution < -0.4 is 10.1 Å². The van der Waals surface area contributed by atoms with Crippen LogP contribution in [0.15, 0.2) is 36.4 Å². The van der Waals surface area contributed by atoms with Crippen LogP contribution in [0.5, 0.6) is 5.88 Å². The summed E-state index contributed by atoms with van der Waals surface area (Å²) in [5.41, 5.74) is 0.684. The van der Waals surface area contributed by atoms with Crippen LogP contribution in [0.2, 0.25) is 0 Å². The third-order valence-electron chi connectivity index (χ3n) is 6.67. The van der Waals surface area contributed by atoms with E-state index in [2.05, 4.69) is 15.3 Å². The van der Waals surface area contributed by atoms with Crippen LogP contribution in [0.25, 0.3) is 11.4 Å². The number of hydrogen-bond donors (Lipinski definition) is 3. The topological polar surface area (TPSA) is 162 Å². The lowest BCUT2D eigenvalue weighted by atomic mass is 10.1. The number of piperazine rings is 1. The summed E-state index contributed by atoms with van der Waals surface area (Å²) in [6.07, 6.45) is 2.38. The Morgan fingerprint density at radius 3 is 2.26 bits per heavy atom. The van der Waals surface area contributed by atoms with Gasteiger partial charge in [0.25, 0.3) is 5.91 Å². The first-order valence-electron chi connectivity index (χ1n) is 12.7. The summed E-state index contributed by atoms with van der Waals surface area (Å²) >= 11 is 0. The lowest BCUT2D eigenvalue weighted by molar-refractivity contribution is -0.138. The van der Waals surface area contributed by atoms with E-state index in [0.717, 1.165) is 25.7 Å². The molecule has 0 radical (unpaired) electrons.